The summed E-state index contributed by atoms with van der Waals surface area (Å²) >= 11 is 1.93. The first-order chi connectivity index (χ1) is 13.1. The van der Waals surface area contributed by atoms with E-state index in [9.17, 15) is 9.59 Å². The molecule has 28 heavy (non-hydrogen) atoms. The molecule has 1 aromatic carbocycles. The molecule has 0 aromatic heterocycles. The molecular weight excluding hydrogens is 396 g/mol. The van der Waals surface area contributed by atoms with E-state index in [-0.39, 0.29) is 42.5 Å². The van der Waals surface area contributed by atoms with Gasteiger partial charge < -0.3 is 21.7 Å². The number of nitrogens with one attached hydrogen (secondary N) is 3. The van der Waals surface area contributed by atoms with Gasteiger partial charge in [0.25, 0.3) is 0 Å². The third kappa shape index (κ3) is 4.69. The van der Waals surface area contributed by atoms with E-state index in [0.29, 0.717) is 11.7 Å². The van der Waals surface area contributed by atoms with E-state index in [0.717, 1.165) is 50.0 Å². The summed E-state index contributed by atoms with van der Waals surface area (Å²) in [6, 6.07) is 6.63. The van der Waals surface area contributed by atoms with E-state index in [1.54, 1.807) is 0 Å². The van der Waals surface area contributed by atoms with Crippen LogP contribution in [0.3, 0.4) is 0 Å². The lowest BCUT2D eigenvalue weighted by atomic mass is 9.87. The number of carbonyl (C=O) groups is 2. The number of unbranched alkanes of at least 4 members (excludes halogenated alkanes) is 1. The van der Waals surface area contributed by atoms with Gasteiger partial charge in [-0.15, -0.1) is 12.4 Å². The summed E-state index contributed by atoms with van der Waals surface area (Å²) in [6.07, 6.45) is 6.65. The molecule has 3 aliphatic rings. The first kappa shape index (κ1) is 21.1. The SMILES string of the molecule is Cl.Nc1ccc2c(c1)CCCC2NC(=O)CCCC[C@@H]1SC[C@@H]2NC(=O)N[C@@H]21. The molecule has 2 aliphatic heterocycles. The molecular formula is C20H29ClN4O2S. The summed E-state index contributed by atoms with van der Waals surface area (Å²) in [6.45, 7) is 0. The van der Waals surface area contributed by atoms with Crippen LogP contribution in [0.4, 0.5) is 10.5 Å². The molecule has 1 unspecified atom stereocenters. The molecule has 0 saturated carbocycles. The Morgan fingerprint density at radius 1 is 1.29 bits per heavy atom. The molecule has 154 valence electrons. The molecule has 3 amide bonds. The van der Waals surface area contributed by atoms with Gasteiger partial charge in [0, 0.05) is 23.1 Å². The van der Waals surface area contributed by atoms with Gasteiger partial charge in [0.15, 0.2) is 0 Å². The topological polar surface area (TPSA) is 96.2 Å². The van der Waals surface area contributed by atoms with Crippen LogP contribution in [0.1, 0.15) is 55.7 Å². The fraction of sp³-hybridized carbons (Fsp3) is 0.600. The Labute approximate surface area is 176 Å². The molecule has 2 heterocycles. The molecule has 4 rings (SSSR count). The third-order valence-corrected chi connectivity index (χ3v) is 7.41. The molecule has 0 spiro atoms. The number of anilines is 1. The van der Waals surface area contributed by atoms with Crippen LogP contribution in [0, 0.1) is 0 Å². The first-order valence-electron chi connectivity index (χ1n) is 9.96. The molecule has 2 saturated heterocycles. The number of aryl methyl sites for hydroxylation is 1. The van der Waals surface area contributed by atoms with Crippen LogP contribution in [0.15, 0.2) is 18.2 Å². The monoisotopic (exact) mass is 424 g/mol. The van der Waals surface area contributed by atoms with E-state index in [4.69, 9.17) is 5.73 Å². The van der Waals surface area contributed by atoms with E-state index >= 15 is 0 Å². The Hall–Kier alpha value is -1.60. The maximum Gasteiger partial charge on any atom is 0.315 e. The number of fused-ring (bicyclic) bond motifs is 2. The quantitative estimate of drug-likeness (QED) is 0.320. The summed E-state index contributed by atoms with van der Waals surface area (Å²) in [5.74, 6) is 1.12. The lowest BCUT2D eigenvalue weighted by Crippen LogP contribution is -2.36. The smallest absolute Gasteiger partial charge is 0.315 e. The lowest BCUT2D eigenvalue weighted by Gasteiger charge is -2.26. The number of halogens is 1. The zero-order valence-corrected chi connectivity index (χ0v) is 17.5. The number of benzene rings is 1. The van der Waals surface area contributed by atoms with Gasteiger partial charge in [-0.2, -0.15) is 11.8 Å². The zero-order valence-electron chi connectivity index (χ0n) is 15.9. The molecule has 4 atom stereocenters. The van der Waals surface area contributed by atoms with E-state index in [1.807, 2.05) is 23.9 Å². The summed E-state index contributed by atoms with van der Waals surface area (Å²) in [5, 5.41) is 9.67. The fourth-order valence-electron chi connectivity index (χ4n) is 4.52. The second-order valence-electron chi connectivity index (χ2n) is 7.84. The van der Waals surface area contributed by atoms with Crippen LogP contribution in [0.25, 0.3) is 0 Å². The van der Waals surface area contributed by atoms with E-state index < -0.39 is 0 Å². The van der Waals surface area contributed by atoms with Crippen LogP contribution in [-0.4, -0.2) is 35.0 Å². The minimum Gasteiger partial charge on any atom is -0.399 e. The Balaban J connectivity index is 0.00000225. The van der Waals surface area contributed by atoms with Crippen molar-refractivity contribution in [2.45, 2.75) is 68.3 Å². The number of hydrogen-bond donors (Lipinski definition) is 4. The van der Waals surface area contributed by atoms with Crippen LogP contribution in [0.5, 0.6) is 0 Å². The lowest BCUT2D eigenvalue weighted by molar-refractivity contribution is -0.122. The number of nitrogens with two attached hydrogens (primary N) is 1. The van der Waals surface area contributed by atoms with Crippen molar-refractivity contribution >= 4 is 41.8 Å². The largest absolute Gasteiger partial charge is 0.399 e. The molecule has 1 aliphatic carbocycles. The predicted octanol–water partition coefficient (Wildman–Crippen LogP) is 2.91. The van der Waals surface area contributed by atoms with Crippen LogP contribution >= 0.6 is 24.2 Å². The van der Waals surface area contributed by atoms with Crippen LogP contribution < -0.4 is 21.7 Å². The van der Waals surface area contributed by atoms with E-state index in [2.05, 4.69) is 22.0 Å². The third-order valence-electron chi connectivity index (χ3n) is 5.90. The number of hydrogen-bond acceptors (Lipinski definition) is 4. The highest BCUT2D eigenvalue weighted by Crippen LogP contribution is 2.33. The summed E-state index contributed by atoms with van der Waals surface area (Å²) in [4.78, 5) is 23.8. The second-order valence-corrected chi connectivity index (χ2v) is 9.11. The summed E-state index contributed by atoms with van der Waals surface area (Å²) in [7, 11) is 0. The normalized spacial score (nSPS) is 27.8. The van der Waals surface area contributed by atoms with Crippen molar-refractivity contribution in [2.24, 2.45) is 0 Å². The molecule has 1 aromatic rings. The molecule has 2 fully saturated rings. The highest BCUT2D eigenvalue weighted by molar-refractivity contribution is 8.00. The number of urea groups is 1. The minimum absolute atomic E-state index is 0. The Bertz CT molecular complexity index is 732. The van der Waals surface area contributed by atoms with Crippen molar-refractivity contribution in [3.05, 3.63) is 29.3 Å². The molecule has 0 bridgehead atoms. The highest BCUT2D eigenvalue weighted by Gasteiger charge is 2.42. The maximum atomic E-state index is 12.4. The summed E-state index contributed by atoms with van der Waals surface area (Å²) in [5.41, 5.74) is 9.17. The zero-order chi connectivity index (χ0) is 18.8. The standard InChI is InChI=1S/C20H28N4O2S.ClH/c21-13-8-9-14-12(10-13)4-3-5-15(14)22-18(25)7-2-1-6-17-19-16(11-27-17)23-20(26)24-19;/h8-10,15-17,19H,1-7,11,21H2,(H,22,25)(H2,23,24,26);1H/t15?,16-,17-,19-;/m0./s1. The minimum atomic E-state index is -0.0378. The second kappa shape index (κ2) is 9.27. The van der Waals surface area contributed by atoms with Gasteiger partial charge in [-0.25, -0.2) is 4.79 Å². The Morgan fingerprint density at radius 3 is 3.00 bits per heavy atom. The Morgan fingerprint density at radius 2 is 2.14 bits per heavy atom. The van der Waals surface area contributed by atoms with Gasteiger partial charge in [-0.05, 0) is 55.4 Å². The summed E-state index contributed by atoms with van der Waals surface area (Å²) < 4.78 is 0. The van der Waals surface area contributed by atoms with Crippen molar-refractivity contribution in [1.29, 1.82) is 0 Å². The average molecular weight is 425 g/mol. The van der Waals surface area contributed by atoms with Crippen LogP contribution in [0.2, 0.25) is 0 Å². The molecule has 5 N–H and O–H groups in total. The fourth-order valence-corrected chi connectivity index (χ4v) is 6.07. The van der Waals surface area contributed by atoms with E-state index in [1.165, 1.54) is 11.1 Å². The van der Waals surface area contributed by atoms with Gasteiger partial charge in [0.05, 0.1) is 18.1 Å². The van der Waals surface area contributed by atoms with Crippen molar-refractivity contribution in [2.75, 3.05) is 11.5 Å². The van der Waals surface area contributed by atoms with Crippen LogP contribution in [-0.2, 0) is 11.2 Å². The number of nitrogen functional groups attached to an aromatic ring is 1. The predicted molar refractivity (Wildman–Crippen MR) is 116 cm³/mol. The van der Waals surface area contributed by atoms with Crippen molar-refractivity contribution < 1.29 is 9.59 Å². The van der Waals surface area contributed by atoms with Gasteiger partial charge in [-0.3, -0.25) is 4.79 Å². The highest BCUT2D eigenvalue weighted by atomic mass is 35.5. The first-order valence-corrected chi connectivity index (χ1v) is 11.0. The van der Waals surface area contributed by atoms with Gasteiger partial charge >= 0.3 is 6.03 Å². The molecule has 0 radical (unpaired) electrons. The van der Waals surface area contributed by atoms with Crippen molar-refractivity contribution in [3.63, 3.8) is 0 Å². The van der Waals surface area contributed by atoms with Crippen molar-refractivity contribution in [1.82, 2.24) is 16.0 Å². The van der Waals surface area contributed by atoms with Crippen molar-refractivity contribution in [3.8, 4) is 0 Å². The average Bonchev–Trinajstić information content (AvgIpc) is 3.18. The van der Waals surface area contributed by atoms with Gasteiger partial charge in [0.1, 0.15) is 0 Å². The molecule has 8 heteroatoms. The van der Waals surface area contributed by atoms with Gasteiger partial charge in [0.2, 0.25) is 5.91 Å². The maximum absolute atomic E-state index is 12.4. The number of carbonyl (C=O) groups excluding carboxylic acids is 2. The number of rotatable bonds is 6. The number of thioether (sulfide) groups is 1. The van der Waals surface area contributed by atoms with Gasteiger partial charge in [-0.1, -0.05) is 12.5 Å². The number of amides is 3. The Kier molecular flexibility index (Phi) is 6.99. The molecule has 6 nitrogen and oxygen atoms in total.